The molecule has 1 aliphatic carbocycles. The Bertz CT molecular complexity index is 286. The third-order valence-corrected chi connectivity index (χ3v) is 4.86. The van der Waals surface area contributed by atoms with Crippen LogP contribution in [0.3, 0.4) is 0 Å². The van der Waals surface area contributed by atoms with Crippen LogP contribution in [0.4, 0.5) is 0 Å². The lowest BCUT2D eigenvalue weighted by Crippen LogP contribution is -2.38. The van der Waals surface area contributed by atoms with E-state index < -0.39 is 10.8 Å². The molecular weight excluding hydrogens is 180 g/mol. The molecule has 2 aliphatic heterocycles. The molecule has 0 spiro atoms. The zero-order chi connectivity index (χ0) is 9.42. The van der Waals surface area contributed by atoms with E-state index in [0.29, 0.717) is 16.4 Å². The van der Waals surface area contributed by atoms with Crippen molar-refractivity contribution in [1.29, 1.82) is 0 Å². The van der Waals surface area contributed by atoms with Gasteiger partial charge in [0.05, 0.1) is 10.5 Å². The lowest BCUT2D eigenvalue weighted by atomic mass is 9.91. The molecule has 0 radical (unpaired) electrons. The predicted octanol–water partition coefficient (Wildman–Crippen LogP) is 2.42. The van der Waals surface area contributed by atoms with E-state index in [1.54, 1.807) is 0 Å². The summed E-state index contributed by atoms with van der Waals surface area (Å²) in [5.41, 5.74) is 1.29. The number of hydrogen-bond donors (Lipinski definition) is 0. The molecule has 2 bridgehead atoms. The van der Waals surface area contributed by atoms with Gasteiger partial charge in [-0.25, -0.2) is 0 Å². The molecule has 0 N–H and O–H groups in total. The maximum Gasteiger partial charge on any atom is 0.0598 e. The van der Waals surface area contributed by atoms with Gasteiger partial charge >= 0.3 is 0 Å². The average molecular weight is 196 g/mol. The number of allylic oxidation sites excluding steroid dienone is 2. The van der Waals surface area contributed by atoms with Gasteiger partial charge in [-0.15, -0.1) is 0 Å². The molecule has 0 saturated carbocycles. The number of rotatable bonds is 1. The summed E-state index contributed by atoms with van der Waals surface area (Å²) in [5.74, 6) is 0.542. The second-order valence-electron chi connectivity index (χ2n) is 4.20. The summed E-state index contributed by atoms with van der Waals surface area (Å²) in [6, 6.07) is 0. The molecular formula is C11H16OS. The molecule has 0 aromatic heterocycles. The predicted molar refractivity (Wildman–Crippen MR) is 57.0 cm³/mol. The van der Waals surface area contributed by atoms with E-state index in [1.165, 1.54) is 12.0 Å². The lowest BCUT2D eigenvalue weighted by molar-refractivity contribution is 0.510. The van der Waals surface area contributed by atoms with Gasteiger partial charge in [-0.2, -0.15) is 0 Å². The van der Waals surface area contributed by atoms with Crippen LogP contribution in [0.1, 0.15) is 26.7 Å². The van der Waals surface area contributed by atoms with Crippen LogP contribution in [0.5, 0.6) is 0 Å². The molecule has 1 nitrogen and oxygen atoms in total. The van der Waals surface area contributed by atoms with Gasteiger partial charge in [-0.1, -0.05) is 23.8 Å². The van der Waals surface area contributed by atoms with Crippen molar-refractivity contribution in [3.63, 3.8) is 0 Å². The molecule has 1 saturated heterocycles. The number of hydrogen-bond acceptors (Lipinski definition) is 1. The largest absolute Gasteiger partial charge is 0.258 e. The molecule has 1 fully saturated rings. The van der Waals surface area contributed by atoms with Gasteiger partial charge < -0.3 is 0 Å². The highest BCUT2D eigenvalue weighted by molar-refractivity contribution is 7.86. The van der Waals surface area contributed by atoms with Crippen LogP contribution in [-0.2, 0) is 10.8 Å². The van der Waals surface area contributed by atoms with Crippen molar-refractivity contribution < 1.29 is 4.21 Å². The van der Waals surface area contributed by atoms with Crippen molar-refractivity contribution >= 4 is 10.8 Å². The first kappa shape index (κ1) is 9.20. The second-order valence-corrected chi connectivity index (χ2v) is 6.01. The Morgan fingerprint density at radius 2 is 2.15 bits per heavy atom. The fraction of sp³-hybridized carbons (Fsp3) is 0.636. The van der Waals surface area contributed by atoms with Crippen molar-refractivity contribution in [3.05, 3.63) is 23.8 Å². The van der Waals surface area contributed by atoms with Crippen molar-refractivity contribution in [2.24, 2.45) is 5.92 Å². The highest BCUT2D eigenvalue weighted by Gasteiger charge is 2.36. The molecule has 13 heavy (non-hydrogen) atoms. The summed E-state index contributed by atoms with van der Waals surface area (Å²) < 4.78 is 11.9. The minimum absolute atomic E-state index is 0.300. The summed E-state index contributed by atoms with van der Waals surface area (Å²) in [6.07, 6.45) is 8.96. The second kappa shape index (κ2) is 3.41. The molecule has 0 amide bonds. The average Bonchev–Trinajstić information content (AvgIpc) is 2.11. The molecule has 4 atom stereocenters. The Morgan fingerprint density at radius 3 is 2.62 bits per heavy atom. The third kappa shape index (κ3) is 1.64. The van der Waals surface area contributed by atoms with Gasteiger partial charge in [0.15, 0.2) is 0 Å². The van der Waals surface area contributed by atoms with Crippen LogP contribution in [0.25, 0.3) is 0 Å². The Balaban J connectivity index is 2.26. The van der Waals surface area contributed by atoms with E-state index >= 15 is 0 Å². The van der Waals surface area contributed by atoms with Gasteiger partial charge in [0.2, 0.25) is 0 Å². The van der Waals surface area contributed by atoms with Gasteiger partial charge in [-0.3, -0.25) is 4.21 Å². The monoisotopic (exact) mass is 196 g/mol. The molecule has 3 rings (SSSR count). The summed E-state index contributed by atoms with van der Waals surface area (Å²) in [6.45, 7) is 4.17. The molecule has 3 aliphatic rings. The van der Waals surface area contributed by atoms with E-state index in [9.17, 15) is 4.21 Å². The van der Waals surface area contributed by atoms with E-state index in [4.69, 9.17) is 0 Å². The zero-order valence-corrected chi connectivity index (χ0v) is 9.01. The molecule has 72 valence electrons. The Kier molecular flexibility index (Phi) is 2.41. The number of fused-ring (bicyclic) bond motifs is 2. The van der Waals surface area contributed by atoms with Gasteiger partial charge in [0.1, 0.15) is 0 Å². The Labute approximate surface area is 82.4 Å². The fourth-order valence-electron chi connectivity index (χ4n) is 2.18. The van der Waals surface area contributed by atoms with E-state index in [1.807, 2.05) is 0 Å². The highest BCUT2D eigenvalue weighted by atomic mass is 32.2. The van der Waals surface area contributed by atoms with Crippen LogP contribution in [0.2, 0.25) is 0 Å². The van der Waals surface area contributed by atoms with E-state index in [2.05, 4.69) is 32.1 Å². The van der Waals surface area contributed by atoms with Crippen LogP contribution in [0.15, 0.2) is 23.8 Å². The first-order valence-corrected chi connectivity index (χ1v) is 6.19. The zero-order valence-electron chi connectivity index (χ0n) is 8.19. The Hall–Kier alpha value is -0.370. The molecule has 0 aromatic carbocycles. The summed E-state index contributed by atoms with van der Waals surface area (Å²) in [5, 5.41) is 0.638. The normalized spacial score (nSPS) is 42.0. The standard InChI is InChI=1S/C11H16OS/c1-8(2)7-11-9-3-5-10(6-4-9)13(11)12/h3,5,7,9-11H,4,6H2,1-2H3/t9-,10+,11-,13?/m1/s1. The Morgan fingerprint density at radius 1 is 1.38 bits per heavy atom. The van der Waals surface area contributed by atoms with Crippen LogP contribution in [-0.4, -0.2) is 14.7 Å². The lowest BCUT2D eigenvalue weighted by Gasteiger charge is -2.35. The van der Waals surface area contributed by atoms with Crippen LogP contribution < -0.4 is 0 Å². The summed E-state index contributed by atoms with van der Waals surface area (Å²) in [4.78, 5) is 0. The SMILES string of the molecule is CC(C)=C[C@@H]1[C@@H]2C=C[C@@H](CC2)S1=O. The third-order valence-electron chi connectivity index (χ3n) is 2.84. The first-order valence-electron chi connectivity index (χ1n) is 4.91. The van der Waals surface area contributed by atoms with Crippen molar-refractivity contribution in [2.45, 2.75) is 37.2 Å². The minimum Gasteiger partial charge on any atom is -0.258 e. The van der Waals surface area contributed by atoms with E-state index in [-0.39, 0.29) is 0 Å². The van der Waals surface area contributed by atoms with Crippen LogP contribution >= 0.6 is 0 Å². The molecule has 2 heteroatoms. The molecule has 1 unspecified atom stereocenters. The van der Waals surface area contributed by atoms with Crippen LogP contribution in [0, 0.1) is 5.92 Å². The van der Waals surface area contributed by atoms with Gasteiger partial charge in [0.25, 0.3) is 0 Å². The van der Waals surface area contributed by atoms with Gasteiger partial charge in [0, 0.05) is 10.8 Å². The topological polar surface area (TPSA) is 17.1 Å². The maximum atomic E-state index is 11.9. The van der Waals surface area contributed by atoms with E-state index in [0.717, 1.165) is 6.42 Å². The van der Waals surface area contributed by atoms with Crippen molar-refractivity contribution in [2.75, 3.05) is 0 Å². The summed E-state index contributed by atoms with van der Waals surface area (Å²) in [7, 11) is -0.650. The maximum absolute atomic E-state index is 11.9. The van der Waals surface area contributed by atoms with Gasteiger partial charge in [-0.05, 0) is 32.6 Å². The summed E-state index contributed by atoms with van der Waals surface area (Å²) >= 11 is 0. The smallest absolute Gasteiger partial charge is 0.0598 e. The van der Waals surface area contributed by atoms with Crippen molar-refractivity contribution in [3.8, 4) is 0 Å². The fourth-order valence-corrected chi connectivity index (χ4v) is 4.17. The quantitative estimate of drug-likeness (QED) is 0.589. The first-order chi connectivity index (χ1) is 6.18. The molecule has 0 aromatic rings. The van der Waals surface area contributed by atoms with Crippen molar-refractivity contribution in [1.82, 2.24) is 0 Å². The minimum atomic E-state index is -0.650. The highest BCUT2D eigenvalue weighted by Crippen LogP contribution is 2.35. The molecule has 2 heterocycles.